The second-order valence-corrected chi connectivity index (χ2v) is 8.74. The summed E-state index contributed by atoms with van der Waals surface area (Å²) in [5.41, 5.74) is 2.47. The number of hydrogen-bond donors (Lipinski definition) is 1. The van der Waals surface area contributed by atoms with Crippen molar-refractivity contribution in [3.63, 3.8) is 0 Å². The first kappa shape index (κ1) is 24.5. The Kier molecular flexibility index (Phi) is 6.69. The fraction of sp³-hybridized carbons (Fsp3) is 0.346. The molecule has 0 saturated heterocycles. The van der Waals surface area contributed by atoms with Crippen LogP contribution in [0.4, 0.5) is 19.1 Å². The molecule has 4 rings (SSSR count). The summed E-state index contributed by atoms with van der Waals surface area (Å²) in [5, 5.41) is 3.18. The minimum atomic E-state index is -4.40. The second kappa shape index (κ2) is 9.56. The number of benzene rings is 2. The predicted octanol–water partition coefficient (Wildman–Crippen LogP) is 4.96. The first-order valence-electron chi connectivity index (χ1n) is 11.5. The highest BCUT2D eigenvalue weighted by atomic mass is 19.4. The number of aryl methyl sites for hydroxylation is 1. The van der Waals surface area contributed by atoms with Gasteiger partial charge in [0.15, 0.2) is 0 Å². The van der Waals surface area contributed by atoms with Crippen LogP contribution in [0, 0.1) is 6.92 Å². The minimum Gasteiger partial charge on any atom is -0.349 e. The molecule has 35 heavy (non-hydrogen) atoms. The van der Waals surface area contributed by atoms with Crippen molar-refractivity contribution in [1.82, 2.24) is 14.5 Å². The summed E-state index contributed by atoms with van der Waals surface area (Å²) in [4.78, 5) is 32.6. The number of carbonyl (C=O) groups is 1. The lowest BCUT2D eigenvalue weighted by molar-refractivity contribution is -0.137. The molecule has 1 atom stereocenters. The Bertz CT molecular complexity index is 1280. The number of fused-ring (bicyclic) bond motifs is 1. The van der Waals surface area contributed by atoms with Gasteiger partial charge in [-0.05, 0) is 50.6 Å². The first-order chi connectivity index (χ1) is 16.6. The van der Waals surface area contributed by atoms with Crippen molar-refractivity contribution < 1.29 is 18.0 Å². The summed E-state index contributed by atoms with van der Waals surface area (Å²) in [5.74, 6) is 0.234. The van der Waals surface area contributed by atoms with Gasteiger partial charge in [-0.2, -0.15) is 13.2 Å². The normalized spacial score (nSPS) is 14.4. The number of anilines is 1. The number of aromatic nitrogens is 2. The van der Waals surface area contributed by atoms with E-state index in [1.165, 1.54) is 16.7 Å². The zero-order chi connectivity index (χ0) is 25.3. The highest BCUT2D eigenvalue weighted by molar-refractivity contribution is 5.94. The number of alkyl halides is 3. The molecule has 0 unspecified atom stereocenters. The first-order valence-corrected chi connectivity index (χ1v) is 11.5. The third-order valence-electron chi connectivity index (χ3n) is 6.30. The van der Waals surface area contributed by atoms with Crippen LogP contribution in [-0.2, 0) is 25.7 Å². The molecule has 1 amide bonds. The molecular weight excluding hydrogens is 457 g/mol. The highest BCUT2D eigenvalue weighted by Gasteiger charge is 2.30. The van der Waals surface area contributed by atoms with Crippen molar-refractivity contribution in [3.05, 3.63) is 92.4 Å². The minimum absolute atomic E-state index is 0.128. The highest BCUT2D eigenvalue weighted by Crippen LogP contribution is 2.30. The van der Waals surface area contributed by atoms with E-state index in [9.17, 15) is 22.8 Å². The van der Waals surface area contributed by atoms with Gasteiger partial charge in [0.2, 0.25) is 5.95 Å². The topological polar surface area (TPSA) is 67.2 Å². The lowest BCUT2D eigenvalue weighted by Crippen LogP contribution is -2.41. The molecule has 1 aliphatic heterocycles. The molecule has 184 valence electrons. The van der Waals surface area contributed by atoms with Crippen molar-refractivity contribution in [2.24, 2.45) is 0 Å². The van der Waals surface area contributed by atoms with Crippen molar-refractivity contribution in [3.8, 4) is 0 Å². The molecule has 0 radical (unpaired) electrons. The van der Waals surface area contributed by atoms with Crippen LogP contribution >= 0.6 is 0 Å². The smallest absolute Gasteiger partial charge is 0.349 e. The van der Waals surface area contributed by atoms with E-state index in [0.717, 1.165) is 17.7 Å². The van der Waals surface area contributed by atoms with Gasteiger partial charge >= 0.3 is 6.18 Å². The van der Waals surface area contributed by atoms with E-state index >= 15 is 0 Å². The summed E-state index contributed by atoms with van der Waals surface area (Å²) in [6.07, 6.45) is -3.96. The Morgan fingerprint density at radius 2 is 1.77 bits per heavy atom. The predicted molar refractivity (Wildman–Crippen MR) is 127 cm³/mol. The molecule has 1 aliphatic rings. The number of amides is 1. The standard InChI is InChI=1S/C26H27F3N4O2/c1-4-33-24(35)21-15-32(23(34)19-7-5-16(2)6-8-19)14-13-22(21)31-25(33)30-17(3)18-9-11-20(12-10-18)26(27,28)29/h5-12,17H,4,13-15H2,1-3H3,(H,30,31)/t17-/m0/s1. The maximum atomic E-state index is 13.3. The van der Waals surface area contributed by atoms with E-state index in [1.807, 2.05) is 26.0 Å². The average Bonchev–Trinajstić information content (AvgIpc) is 2.83. The van der Waals surface area contributed by atoms with Crippen LogP contribution in [0.25, 0.3) is 0 Å². The van der Waals surface area contributed by atoms with Crippen LogP contribution in [0.5, 0.6) is 0 Å². The second-order valence-electron chi connectivity index (χ2n) is 8.74. The summed E-state index contributed by atoms with van der Waals surface area (Å²) in [7, 11) is 0. The molecule has 6 nitrogen and oxygen atoms in total. The van der Waals surface area contributed by atoms with E-state index < -0.39 is 11.7 Å². The summed E-state index contributed by atoms with van der Waals surface area (Å²) in [6.45, 7) is 6.55. The van der Waals surface area contributed by atoms with Gasteiger partial charge in [0, 0.05) is 25.1 Å². The van der Waals surface area contributed by atoms with E-state index in [2.05, 4.69) is 10.3 Å². The van der Waals surface area contributed by atoms with Gasteiger partial charge in [-0.15, -0.1) is 0 Å². The van der Waals surface area contributed by atoms with Crippen LogP contribution in [0.15, 0.2) is 53.3 Å². The van der Waals surface area contributed by atoms with Gasteiger partial charge in [-0.25, -0.2) is 4.98 Å². The lowest BCUT2D eigenvalue weighted by Gasteiger charge is -2.29. The number of rotatable bonds is 5. The molecule has 0 saturated carbocycles. The van der Waals surface area contributed by atoms with Crippen LogP contribution in [0.3, 0.4) is 0 Å². The van der Waals surface area contributed by atoms with E-state index in [1.54, 1.807) is 24.0 Å². The van der Waals surface area contributed by atoms with Crippen LogP contribution in [-0.4, -0.2) is 26.9 Å². The fourth-order valence-corrected chi connectivity index (χ4v) is 4.21. The van der Waals surface area contributed by atoms with Crippen LogP contribution < -0.4 is 10.9 Å². The summed E-state index contributed by atoms with van der Waals surface area (Å²) in [6, 6.07) is 11.9. The lowest BCUT2D eigenvalue weighted by atomic mass is 10.0. The molecular formula is C26H27F3N4O2. The molecule has 0 aliphatic carbocycles. The molecule has 1 N–H and O–H groups in total. The van der Waals surface area contributed by atoms with Gasteiger partial charge in [-0.1, -0.05) is 29.8 Å². The molecule has 0 spiro atoms. The van der Waals surface area contributed by atoms with Gasteiger partial charge < -0.3 is 10.2 Å². The molecule has 2 aromatic carbocycles. The number of halogens is 3. The van der Waals surface area contributed by atoms with E-state index in [-0.39, 0.29) is 24.1 Å². The third-order valence-corrected chi connectivity index (χ3v) is 6.30. The maximum Gasteiger partial charge on any atom is 0.416 e. The van der Waals surface area contributed by atoms with Gasteiger partial charge in [0.1, 0.15) is 0 Å². The number of carbonyl (C=O) groups excluding carboxylic acids is 1. The molecule has 3 aromatic rings. The molecule has 2 heterocycles. The average molecular weight is 485 g/mol. The Labute approximate surface area is 201 Å². The Morgan fingerprint density at radius 3 is 2.37 bits per heavy atom. The van der Waals surface area contributed by atoms with Crippen LogP contribution in [0.1, 0.15) is 58.2 Å². The zero-order valence-corrected chi connectivity index (χ0v) is 19.8. The molecule has 0 fully saturated rings. The molecule has 9 heteroatoms. The molecule has 1 aromatic heterocycles. The van der Waals surface area contributed by atoms with Gasteiger partial charge in [0.05, 0.1) is 29.4 Å². The number of hydrogen-bond acceptors (Lipinski definition) is 4. The van der Waals surface area contributed by atoms with Crippen molar-refractivity contribution in [1.29, 1.82) is 0 Å². The maximum absolute atomic E-state index is 13.3. The largest absolute Gasteiger partial charge is 0.416 e. The van der Waals surface area contributed by atoms with E-state index in [0.29, 0.717) is 47.8 Å². The van der Waals surface area contributed by atoms with Gasteiger partial charge in [-0.3, -0.25) is 14.2 Å². The fourth-order valence-electron chi connectivity index (χ4n) is 4.21. The number of nitrogens with zero attached hydrogens (tertiary/aromatic N) is 3. The van der Waals surface area contributed by atoms with Crippen molar-refractivity contribution in [2.45, 2.75) is 52.5 Å². The van der Waals surface area contributed by atoms with Crippen LogP contribution in [0.2, 0.25) is 0 Å². The summed E-state index contributed by atoms with van der Waals surface area (Å²) >= 11 is 0. The van der Waals surface area contributed by atoms with E-state index in [4.69, 9.17) is 0 Å². The molecule has 0 bridgehead atoms. The van der Waals surface area contributed by atoms with Crippen molar-refractivity contribution in [2.75, 3.05) is 11.9 Å². The Balaban J connectivity index is 1.57. The monoisotopic (exact) mass is 484 g/mol. The third kappa shape index (κ3) is 5.08. The SMILES string of the molecule is CCn1c(N[C@@H](C)c2ccc(C(F)(F)F)cc2)nc2c(c1=O)CN(C(=O)c1ccc(C)cc1)CC2. The summed E-state index contributed by atoms with van der Waals surface area (Å²) < 4.78 is 40.1. The quantitative estimate of drug-likeness (QED) is 0.556. The zero-order valence-electron chi connectivity index (χ0n) is 19.8. The Morgan fingerprint density at radius 1 is 1.11 bits per heavy atom. The van der Waals surface area contributed by atoms with Gasteiger partial charge in [0.25, 0.3) is 11.5 Å². The Hall–Kier alpha value is -3.62. The van der Waals surface area contributed by atoms with Crippen molar-refractivity contribution >= 4 is 11.9 Å². The number of nitrogens with one attached hydrogen (secondary N) is 1.